The molecule has 0 spiro atoms. The number of rotatable bonds is 7. The number of nitrogens with two attached hydrogens (primary N) is 1. The number of aliphatic hydroxyl groups excluding tert-OH is 2. The molecule has 1 unspecified atom stereocenters. The summed E-state index contributed by atoms with van der Waals surface area (Å²) in [5.74, 6) is 0.501. The number of hydrogen-bond donors (Lipinski definition) is 4. The van der Waals surface area contributed by atoms with Crippen LogP contribution in [0.1, 0.15) is 6.42 Å². The standard InChI is InChI=1S/C17H24N6O4S/c1-28(26,27)21-15-8-13(22-5-4-12(10-22)11-25)2-3-14(15)20-16-9-19-23(6-7-24)17(16)18/h2-3,8-9,12,24-25H,4-7,10-11H2,1H3,(H2,18,19,21)/p+1. The average Bonchev–Trinajstić information content (AvgIpc) is 3.24. The second-order valence-corrected chi connectivity index (χ2v) is 8.58. The van der Waals surface area contributed by atoms with Gasteiger partial charge in [0.1, 0.15) is 12.8 Å². The van der Waals surface area contributed by atoms with E-state index in [1.54, 1.807) is 12.1 Å². The van der Waals surface area contributed by atoms with E-state index in [2.05, 4.69) is 19.7 Å². The maximum atomic E-state index is 11.8. The van der Waals surface area contributed by atoms with Crippen molar-refractivity contribution in [2.45, 2.75) is 6.42 Å². The number of benzene rings is 1. The summed E-state index contributed by atoms with van der Waals surface area (Å²) in [7, 11) is -3.51. The van der Waals surface area contributed by atoms with Crippen LogP contribution >= 0.6 is 0 Å². The maximum absolute atomic E-state index is 11.8. The molecule has 0 saturated carbocycles. The normalized spacial score (nSPS) is 21.2. The molecule has 28 heavy (non-hydrogen) atoms. The SMILES string of the molecule is CS(=O)(=O)Nc1cc(N2CCC(CO)C2)ccc1N=C1C=N[N+](CCO)=C1N. The molecule has 0 bridgehead atoms. The summed E-state index contributed by atoms with van der Waals surface area (Å²) < 4.78 is 27.6. The second kappa shape index (κ2) is 8.25. The second-order valence-electron chi connectivity index (χ2n) is 6.83. The Bertz CT molecular complexity index is 941. The highest BCUT2D eigenvalue weighted by Gasteiger charge is 2.24. The zero-order valence-corrected chi connectivity index (χ0v) is 16.4. The first-order valence-electron chi connectivity index (χ1n) is 8.92. The monoisotopic (exact) mass is 409 g/mol. The molecular formula is C17H25N6O4S+. The van der Waals surface area contributed by atoms with Gasteiger partial charge in [-0.2, -0.15) is 0 Å². The molecule has 0 aliphatic carbocycles. The molecule has 5 N–H and O–H groups in total. The molecule has 0 amide bonds. The Morgan fingerprint density at radius 2 is 2.21 bits per heavy atom. The van der Waals surface area contributed by atoms with E-state index in [9.17, 15) is 13.5 Å². The number of sulfonamides is 1. The van der Waals surface area contributed by atoms with E-state index in [1.807, 2.05) is 6.07 Å². The van der Waals surface area contributed by atoms with E-state index in [0.717, 1.165) is 24.9 Å². The van der Waals surface area contributed by atoms with Crippen LogP contribution in [0.25, 0.3) is 0 Å². The van der Waals surface area contributed by atoms with Gasteiger partial charge in [0.2, 0.25) is 10.0 Å². The van der Waals surface area contributed by atoms with Gasteiger partial charge in [-0.25, -0.2) is 13.4 Å². The van der Waals surface area contributed by atoms with Crippen LogP contribution in [0.2, 0.25) is 0 Å². The van der Waals surface area contributed by atoms with Crippen LogP contribution in [-0.4, -0.2) is 80.2 Å². The van der Waals surface area contributed by atoms with Crippen molar-refractivity contribution in [2.24, 2.45) is 21.7 Å². The van der Waals surface area contributed by atoms with Crippen molar-refractivity contribution in [3.05, 3.63) is 18.2 Å². The Hall–Kier alpha value is -2.50. The third-order valence-corrected chi connectivity index (χ3v) is 5.19. The molecule has 1 fully saturated rings. The summed E-state index contributed by atoms with van der Waals surface area (Å²) >= 11 is 0. The van der Waals surface area contributed by atoms with Crippen LogP contribution in [0, 0.1) is 5.92 Å². The maximum Gasteiger partial charge on any atom is 0.321 e. The van der Waals surface area contributed by atoms with Crippen molar-refractivity contribution in [3.8, 4) is 0 Å². The molecule has 10 nitrogen and oxygen atoms in total. The van der Waals surface area contributed by atoms with E-state index in [-0.39, 0.29) is 31.5 Å². The van der Waals surface area contributed by atoms with Crippen molar-refractivity contribution >= 4 is 44.8 Å². The number of hydrogen-bond acceptors (Lipinski definition) is 8. The van der Waals surface area contributed by atoms with Gasteiger partial charge >= 0.3 is 5.84 Å². The summed E-state index contributed by atoms with van der Waals surface area (Å²) in [6, 6.07) is 5.31. The molecule has 3 rings (SSSR count). The van der Waals surface area contributed by atoms with E-state index in [0.29, 0.717) is 23.6 Å². The minimum absolute atomic E-state index is 0.106. The number of anilines is 2. The smallest absolute Gasteiger partial charge is 0.321 e. The molecule has 0 aromatic heterocycles. The summed E-state index contributed by atoms with van der Waals surface area (Å²) in [6.07, 6.45) is 3.43. The molecule has 2 aliphatic rings. The van der Waals surface area contributed by atoms with E-state index in [4.69, 9.17) is 10.8 Å². The van der Waals surface area contributed by atoms with Crippen molar-refractivity contribution < 1.29 is 23.3 Å². The lowest BCUT2D eigenvalue weighted by molar-refractivity contribution is -0.532. The fourth-order valence-corrected chi connectivity index (χ4v) is 3.75. The van der Waals surface area contributed by atoms with Gasteiger partial charge in [0.15, 0.2) is 5.71 Å². The first-order chi connectivity index (χ1) is 13.3. The number of aliphatic hydroxyl groups is 2. The summed E-state index contributed by atoms with van der Waals surface area (Å²) in [4.78, 5) is 6.55. The molecule has 2 heterocycles. The lowest BCUT2D eigenvalue weighted by Gasteiger charge is -2.20. The highest BCUT2D eigenvalue weighted by atomic mass is 32.2. The van der Waals surface area contributed by atoms with Gasteiger partial charge in [-0.1, -0.05) is 5.10 Å². The highest BCUT2D eigenvalue weighted by Crippen LogP contribution is 2.33. The van der Waals surface area contributed by atoms with E-state index in [1.165, 1.54) is 10.9 Å². The van der Waals surface area contributed by atoms with E-state index >= 15 is 0 Å². The Kier molecular flexibility index (Phi) is 5.96. The number of β-amino-alcohol motifs (C(OH)–C–C–N with tert-alkyl or cyclic N) is 1. The molecular weight excluding hydrogens is 384 g/mol. The fraction of sp³-hybridized carbons (Fsp3) is 0.471. The van der Waals surface area contributed by atoms with Gasteiger partial charge in [-0.3, -0.25) is 10.5 Å². The minimum Gasteiger partial charge on any atom is -0.396 e. The summed E-state index contributed by atoms with van der Waals surface area (Å²) in [5, 5.41) is 22.5. The van der Waals surface area contributed by atoms with Crippen LogP contribution in [-0.2, 0) is 10.0 Å². The molecule has 11 heteroatoms. The largest absolute Gasteiger partial charge is 0.396 e. The Labute approximate surface area is 163 Å². The number of nitrogens with zero attached hydrogens (tertiary/aromatic N) is 4. The molecule has 2 aliphatic heterocycles. The first-order valence-corrected chi connectivity index (χ1v) is 10.8. The lowest BCUT2D eigenvalue weighted by Crippen LogP contribution is -2.30. The minimum atomic E-state index is -3.51. The van der Waals surface area contributed by atoms with Crippen molar-refractivity contribution in [1.82, 2.24) is 0 Å². The Morgan fingerprint density at radius 1 is 1.43 bits per heavy atom. The molecule has 152 valence electrons. The number of amidine groups is 1. The van der Waals surface area contributed by atoms with Crippen molar-refractivity contribution in [2.75, 3.05) is 48.7 Å². The van der Waals surface area contributed by atoms with Crippen LogP contribution in [0.15, 0.2) is 28.3 Å². The van der Waals surface area contributed by atoms with Crippen LogP contribution in [0.5, 0.6) is 0 Å². The molecule has 1 saturated heterocycles. The summed E-state index contributed by atoms with van der Waals surface area (Å²) in [5.41, 5.74) is 7.98. The highest BCUT2D eigenvalue weighted by molar-refractivity contribution is 7.92. The predicted octanol–water partition coefficient (Wildman–Crippen LogP) is -0.689. The Morgan fingerprint density at radius 3 is 2.86 bits per heavy atom. The van der Waals surface area contributed by atoms with Crippen LogP contribution in [0.4, 0.5) is 17.1 Å². The molecule has 0 radical (unpaired) electrons. The third kappa shape index (κ3) is 4.66. The molecule has 1 aromatic rings. The third-order valence-electron chi connectivity index (χ3n) is 4.60. The summed E-state index contributed by atoms with van der Waals surface area (Å²) in [6.45, 7) is 1.78. The quantitative estimate of drug-likeness (QED) is 0.439. The lowest BCUT2D eigenvalue weighted by atomic mass is 10.1. The van der Waals surface area contributed by atoms with Gasteiger partial charge in [0, 0.05) is 31.3 Å². The van der Waals surface area contributed by atoms with Crippen LogP contribution in [0.3, 0.4) is 0 Å². The molecule has 1 atom stereocenters. The van der Waals surface area contributed by atoms with Crippen molar-refractivity contribution in [3.63, 3.8) is 0 Å². The predicted molar refractivity (Wildman–Crippen MR) is 109 cm³/mol. The Balaban J connectivity index is 1.95. The van der Waals surface area contributed by atoms with Gasteiger partial charge in [-0.15, -0.1) is 4.68 Å². The first kappa shape index (κ1) is 20.2. The zero-order chi connectivity index (χ0) is 20.3. The number of nitrogens with one attached hydrogen (secondary N) is 1. The van der Waals surface area contributed by atoms with Gasteiger partial charge in [-0.05, 0) is 24.6 Å². The average molecular weight is 409 g/mol. The van der Waals surface area contributed by atoms with Gasteiger partial charge in [0.25, 0.3) is 0 Å². The zero-order valence-electron chi connectivity index (χ0n) is 15.6. The van der Waals surface area contributed by atoms with Gasteiger partial charge < -0.3 is 15.1 Å². The number of hydrazone groups is 1. The van der Waals surface area contributed by atoms with E-state index < -0.39 is 10.0 Å². The van der Waals surface area contributed by atoms with Crippen LogP contribution < -0.4 is 15.4 Å². The number of aliphatic imine (C=N–C) groups is 1. The van der Waals surface area contributed by atoms with Crippen molar-refractivity contribution in [1.29, 1.82) is 0 Å². The van der Waals surface area contributed by atoms with Gasteiger partial charge in [0.05, 0.1) is 24.2 Å². The molecule has 1 aromatic carbocycles. The fourth-order valence-electron chi connectivity index (χ4n) is 3.19. The topological polar surface area (TPSA) is 144 Å².